The third-order valence-corrected chi connectivity index (χ3v) is 4.62. The number of halogens is 1. The SMILES string of the molecule is O=C(CSc1n[nH]c(-c2cccs2)n1)Nc1cccc(Cl)c1. The van der Waals surface area contributed by atoms with E-state index in [0.29, 0.717) is 21.7 Å². The van der Waals surface area contributed by atoms with Gasteiger partial charge in [-0.25, -0.2) is 4.98 Å². The Kier molecular flexibility index (Phi) is 4.77. The fraction of sp³-hybridized carbons (Fsp3) is 0.0714. The van der Waals surface area contributed by atoms with E-state index >= 15 is 0 Å². The molecule has 0 saturated carbocycles. The van der Waals surface area contributed by atoms with E-state index in [1.54, 1.807) is 35.6 Å². The van der Waals surface area contributed by atoms with Gasteiger partial charge in [0.05, 0.1) is 10.6 Å². The van der Waals surface area contributed by atoms with Crippen LogP contribution in [0.4, 0.5) is 5.69 Å². The first kappa shape index (κ1) is 15.1. The summed E-state index contributed by atoms with van der Waals surface area (Å²) >= 11 is 8.73. The molecule has 2 N–H and O–H groups in total. The highest BCUT2D eigenvalue weighted by molar-refractivity contribution is 7.99. The van der Waals surface area contributed by atoms with Crippen LogP contribution in [0, 0.1) is 0 Å². The number of carbonyl (C=O) groups is 1. The quantitative estimate of drug-likeness (QED) is 0.684. The zero-order valence-corrected chi connectivity index (χ0v) is 13.6. The minimum atomic E-state index is -0.130. The van der Waals surface area contributed by atoms with Crippen LogP contribution in [0.3, 0.4) is 0 Å². The molecule has 0 radical (unpaired) electrons. The molecule has 0 saturated heterocycles. The summed E-state index contributed by atoms with van der Waals surface area (Å²) in [6.45, 7) is 0. The monoisotopic (exact) mass is 350 g/mol. The molecule has 3 rings (SSSR count). The number of thiophene rings is 1. The Labute approximate surface area is 140 Å². The van der Waals surface area contributed by atoms with Crippen molar-refractivity contribution in [1.29, 1.82) is 0 Å². The van der Waals surface area contributed by atoms with Crippen LogP contribution in [0.2, 0.25) is 5.02 Å². The van der Waals surface area contributed by atoms with Crippen LogP contribution in [-0.2, 0) is 4.79 Å². The number of H-pyrrole nitrogens is 1. The number of benzene rings is 1. The van der Waals surface area contributed by atoms with Crippen molar-refractivity contribution >= 4 is 46.3 Å². The number of anilines is 1. The molecule has 3 aromatic rings. The molecule has 22 heavy (non-hydrogen) atoms. The second-order valence-corrected chi connectivity index (χ2v) is 6.62. The molecular weight excluding hydrogens is 340 g/mol. The number of aromatic nitrogens is 3. The van der Waals surface area contributed by atoms with Crippen molar-refractivity contribution in [3.63, 3.8) is 0 Å². The molecule has 2 aromatic heterocycles. The maximum atomic E-state index is 11.9. The van der Waals surface area contributed by atoms with Crippen molar-refractivity contribution in [3.8, 4) is 10.7 Å². The van der Waals surface area contributed by atoms with Crippen molar-refractivity contribution in [2.45, 2.75) is 5.16 Å². The fourth-order valence-electron chi connectivity index (χ4n) is 1.73. The summed E-state index contributed by atoms with van der Waals surface area (Å²) in [6.07, 6.45) is 0. The fourth-order valence-corrected chi connectivity index (χ4v) is 3.18. The molecule has 5 nitrogen and oxygen atoms in total. The number of carbonyl (C=O) groups excluding carboxylic acids is 1. The Bertz CT molecular complexity index is 773. The number of rotatable bonds is 5. The van der Waals surface area contributed by atoms with Crippen molar-refractivity contribution in [1.82, 2.24) is 15.2 Å². The van der Waals surface area contributed by atoms with Crippen LogP contribution in [0.25, 0.3) is 10.7 Å². The second kappa shape index (κ2) is 6.95. The zero-order chi connectivity index (χ0) is 15.4. The number of nitrogens with zero attached hydrogens (tertiary/aromatic N) is 2. The van der Waals surface area contributed by atoms with Crippen molar-refractivity contribution in [3.05, 3.63) is 46.8 Å². The standard InChI is InChI=1S/C14H11ClN4OS2/c15-9-3-1-4-10(7-9)16-12(20)8-22-14-17-13(18-19-14)11-5-2-6-21-11/h1-7H,8H2,(H,16,20)(H,17,18,19). The van der Waals surface area contributed by atoms with E-state index in [2.05, 4.69) is 20.5 Å². The molecule has 1 aromatic carbocycles. The molecule has 0 aliphatic heterocycles. The normalized spacial score (nSPS) is 10.6. The predicted molar refractivity (Wildman–Crippen MR) is 90.5 cm³/mol. The molecule has 0 aliphatic carbocycles. The molecule has 2 heterocycles. The Morgan fingerprint density at radius 3 is 3.05 bits per heavy atom. The third kappa shape index (κ3) is 3.88. The zero-order valence-electron chi connectivity index (χ0n) is 11.2. The van der Waals surface area contributed by atoms with Gasteiger partial charge >= 0.3 is 0 Å². The summed E-state index contributed by atoms with van der Waals surface area (Å²) in [5.74, 6) is 0.816. The summed E-state index contributed by atoms with van der Waals surface area (Å²) in [5, 5.41) is 12.9. The van der Waals surface area contributed by atoms with Crippen molar-refractivity contribution in [2.75, 3.05) is 11.1 Å². The predicted octanol–water partition coefficient (Wildman–Crippen LogP) is 3.92. The highest BCUT2D eigenvalue weighted by Crippen LogP contribution is 2.23. The summed E-state index contributed by atoms with van der Waals surface area (Å²) in [6, 6.07) is 10.9. The van der Waals surface area contributed by atoms with Gasteiger partial charge in [0.15, 0.2) is 5.82 Å². The van der Waals surface area contributed by atoms with E-state index in [1.807, 2.05) is 17.5 Å². The van der Waals surface area contributed by atoms with Crippen LogP contribution < -0.4 is 5.32 Å². The van der Waals surface area contributed by atoms with Gasteiger partial charge in [0, 0.05) is 10.7 Å². The molecule has 112 valence electrons. The molecule has 0 atom stereocenters. The van der Waals surface area contributed by atoms with Crippen molar-refractivity contribution < 1.29 is 4.79 Å². The topological polar surface area (TPSA) is 70.7 Å². The Balaban J connectivity index is 1.55. The van der Waals surface area contributed by atoms with Crippen LogP contribution in [0.5, 0.6) is 0 Å². The number of hydrogen-bond acceptors (Lipinski definition) is 5. The number of amides is 1. The minimum absolute atomic E-state index is 0.130. The van der Waals surface area contributed by atoms with Gasteiger partial charge in [-0.05, 0) is 29.6 Å². The Hall–Kier alpha value is -1.83. The summed E-state index contributed by atoms with van der Waals surface area (Å²) in [5.41, 5.74) is 0.673. The van der Waals surface area contributed by atoms with Gasteiger partial charge in [-0.2, -0.15) is 0 Å². The van der Waals surface area contributed by atoms with Gasteiger partial charge in [0.2, 0.25) is 11.1 Å². The minimum Gasteiger partial charge on any atom is -0.325 e. The van der Waals surface area contributed by atoms with E-state index in [1.165, 1.54) is 11.8 Å². The van der Waals surface area contributed by atoms with E-state index in [9.17, 15) is 4.79 Å². The maximum absolute atomic E-state index is 11.9. The molecular formula is C14H11ClN4OS2. The van der Waals surface area contributed by atoms with Crippen LogP contribution in [-0.4, -0.2) is 26.8 Å². The average Bonchev–Trinajstić information content (AvgIpc) is 3.16. The van der Waals surface area contributed by atoms with Gasteiger partial charge in [-0.15, -0.1) is 16.4 Å². The summed E-state index contributed by atoms with van der Waals surface area (Å²) in [7, 11) is 0. The van der Waals surface area contributed by atoms with Gasteiger partial charge in [-0.3, -0.25) is 9.89 Å². The lowest BCUT2D eigenvalue weighted by molar-refractivity contribution is -0.113. The van der Waals surface area contributed by atoms with Crippen LogP contribution in [0.15, 0.2) is 46.9 Å². The molecule has 1 amide bonds. The van der Waals surface area contributed by atoms with Gasteiger partial charge in [-0.1, -0.05) is 35.5 Å². The highest BCUT2D eigenvalue weighted by Gasteiger charge is 2.09. The molecule has 0 fully saturated rings. The van der Waals surface area contributed by atoms with Crippen molar-refractivity contribution in [2.24, 2.45) is 0 Å². The maximum Gasteiger partial charge on any atom is 0.234 e. The third-order valence-electron chi connectivity index (χ3n) is 2.66. The molecule has 8 heteroatoms. The number of nitrogens with one attached hydrogen (secondary N) is 2. The van der Waals surface area contributed by atoms with Crippen LogP contribution >= 0.6 is 34.7 Å². The first-order valence-electron chi connectivity index (χ1n) is 6.35. The second-order valence-electron chi connectivity index (χ2n) is 4.29. The number of hydrogen-bond donors (Lipinski definition) is 2. The van der Waals surface area contributed by atoms with E-state index in [-0.39, 0.29) is 11.7 Å². The molecule has 0 unspecified atom stereocenters. The molecule has 0 spiro atoms. The Morgan fingerprint density at radius 2 is 2.27 bits per heavy atom. The van der Waals surface area contributed by atoms with E-state index in [0.717, 1.165) is 4.88 Å². The first-order valence-corrected chi connectivity index (χ1v) is 8.59. The Morgan fingerprint density at radius 1 is 1.36 bits per heavy atom. The molecule has 0 aliphatic rings. The lowest BCUT2D eigenvalue weighted by atomic mass is 10.3. The average molecular weight is 351 g/mol. The van der Waals surface area contributed by atoms with Gasteiger partial charge in [0.1, 0.15) is 0 Å². The number of thioether (sulfide) groups is 1. The summed E-state index contributed by atoms with van der Waals surface area (Å²) in [4.78, 5) is 17.3. The van der Waals surface area contributed by atoms with E-state index < -0.39 is 0 Å². The lowest BCUT2D eigenvalue weighted by Gasteiger charge is -2.03. The lowest BCUT2D eigenvalue weighted by Crippen LogP contribution is -2.14. The molecule has 0 bridgehead atoms. The van der Waals surface area contributed by atoms with Gasteiger partial charge in [0.25, 0.3) is 0 Å². The number of aromatic amines is 1. The summed E-state index contributed by atoms with van der Waals surface area (Å²) < 4.78 is 0. The first-order chi connectivity index (χ1) is 10.7. The largest absolute Gasteiger partial charge is 0.325 e. The smallest absolute Gasteiger partial charge is 0.234 e. The van der Waals surface area contributed by atoms with E-state index in [4.69, 9.17) is 11.6 Å². The van der Waals surface area contributed by atoms with Gasteiger partial charge < -0.3 is 5.32 Å². The highest BCUT2D eigenvalue weighted by atomic mass is 35.5. The van der Waals surface area contributed by atoms with Crippen LogP contribution in [0.1, 0.15) is 0 Å².